The van der Waals surface area contributed by atoms with Crippen LogP contribution in [0.4, 0.5) is 5.69 Å². The summed E-state index contributed by atoms with van der Waals surface area (Å²) in [4.78, 5) is 15.6. The molecule has 1 atom stereocenters. The van der Waals surface area contributed by atoms with Crippen molar-refractivity contribution in [1.82, 2.24) is 5.32 Å². The Morgan fingerprint density at radius 3 is 2.54 bits per heavy atom. The fourth-order valence-electron chi connectivity index (χ4n) is 2.79. The smallest absolute Gasteiger partial charge is 0.353 e. The van der Waals surface area contributed by atoms with Crippen LogP contribution in [0.2, 0.25) is 5.02 Å². The summed E-state index contributed by atoms with van der Waals surface area (Å²) in [5.74, 6) is 0.289. The van der Waals surface area contributed by atoms with Gasteiger partial charge in [0.25, 0.3) is 0 Å². The van der Waals surface area contributed by atoms with Gasteiger partial charge >= 0.3 is 11.9 Å². The predicted molar refractivity (Wildman–Crippen MR) is 109 cm³/mol. The Labute approximate surface area is 182 Å². The van der Waals surface area contributed by atoms with Crippen molar-refractivity contribution in [2.75, 3.05) is 12.4 Å². The Bertz CT molecular complexity index is 902. The highest BCUT2D eigenvalue weighted by Crippen LogP contribution is 2.24. The van der Waals surface area contributed by atoms with Crippen molar-refractivity contribution in [1.29, 1.82) is 0 Å². The van der Waals surface area contributed by atoms with Gasteiger partial charge in [0.05, 0.1) is 12.8 Å². The van der Waals surface area contributed by atoms with Crippen molar-refractivity contribution in [2.24, 2.45) is 0 Å². The van der Waals surface area contributed by atoms with Crippen LogP contribution < -0.4 is 28.0 Å². The minimum absolute atomic E-state index is 0. The SMILES string of the molecule is COC(=O)C1=C(C)NC(Nc2cccc(Br)c2)=[NH+][C@H]1c1ccc(Cl)cc1.O.[Cl-]. The van der Waals surface area contributed by atoms with Gasteiger partial charge in [0.1, 0.15) is 17.3 Å². The second-order valence-corrected chi connectivity index (χ2v) is 7.15. The molecule has 2 aromatic rings. The molecule has 0 unspecified atom stereocenters. The van der Waals surface area contributed by atoms with Gasteiger partial charge in [0.2, 0.25) is 0 Å². The van der Waals surface area contributed by atoms with Crippen molar-refractivity contribution in [3.05, 3.63) is 74.9 Å². The molecule has 9 heteroatoms. The Morgan fingerprint density at radius 2 is 1.93 bits per heavy atom. The van der Waals surface area contributed by atoms with E-state index in [-0.39, 0.29) is 29.9 Å². The van der Waals surface area contributed by atoms with Crippen LogP contribution >= 0.6 is 27.5 Å². The van der Waals surface area contributed by atoms with Crippen LogP contribution in [0.5, 0.6) is 0 Å². The second-order valence-electron chi connectivity index (χ2n) is 5.79. The summed E-state index contributed by atoms with van der Waals surface area (Å²) >= 11 is 9.46. The van der Waals surface area contributed by atoms with E-state index in [2.05, 4.69) is 31.6 Å². The summed E-state index contributed by atoms with van der Waals surface area (Å²) < 4.78 is 5.93. The van der Waals surface area contributed by atoms with Crippen LogP contribution in [0.25, 0.3) is 0 Å². The topological polar surface area (TPSA) is 95.8 Å². The van der Waals surface area contributed by atoms with Gasteiger partial charge < -0.3 is 22.6 Å². The second kappa shape index (κ2) is 10.5. The number of hydrogen-bond donors (Lipinski definition) is 3. The lowest BCUT2D eigenvalue weighted by Gasteiger charge is -2.22. The zero-order valence-electron chi connectivity index (χ0n) is 15.1. The molecule has 1 aliphatic rings. The van der Waals surface area contributed by atoms with Crippen LogP contribution in [0, 0.1) is 0 Å². The van der Waals surface area contributed by atoms with Gasteiger partial charge in [-0.1, -0.05) is 45.7 Å². The molecule has 0 radical (unpaired) electrons. The van der Waals surface area contributed by atoms with Crippen LogP contribution in [0.15, 0.2) is 64.3 Å². The van der Waals surface area contributed by atoms with Crippen LogP contribution in [-0.4, -0.2) is 24.5 Å². The maximum atomic E-state index is 12.3. The standard InChI is InChI=1S/C19H17BrClN3O2.ClH.H2O/c1-11-16(18(25)26-2)17(12-6-8-14(21)9-7-12)24-19(22-11)23-15-5-3-4-13(20)10-15;;/h3-10,17H,1-2H3,(H2,22,23,24);1H;1H2/t17-;;/m0../s1. The molecule has 0 aromatic heterocycles. The summed E-state index contributed by atoms with van der Waals surface area (Å²) in [7, 11) is 1.38. The molecule has 0 aliphatic carbocycles. The molecule has 0 saturated carbocycles. The molecule has 5 N–H and O–H groups in total. The van der Waals surface area contributed by atoms with Gasteiger partial charge in [-0.2, -0.15) is 0 Å². The van der Waals surface area contributed by atoms with Crippen LogP contribution in [-0.2, 0) is 9.53 Å². The third-order valence-corrected chi connectivity index (χ3v) is 4.74. The molecule has 6 nitrogen and oxygen atoms in total. The molecule has 28 heavy (non-hydrogen) atoms. The third kappa shape index (κ3) is 5.48. The summed E-state index contributed by atoms with van der Waals surface area (Å²) in [6, 6.07) is 14.8. The minimum atomic E-state index is -0.385. The summed E-state index contributed by atoms with van der Waals surface area (Å²) in [5.41, 5.74) is 3.05. The number of allylic oxidation sites excluding steroid dienone is 1. The summed E-state index contributed by atoms with van der Waals surface area (Å²) in [5, 5.41) is 7.12. The number of guanidine groups is 1. The molecular formula is C19H20BrCl2N3O3. The summed E-state index contributed by atoms with van der Waals surface area (Å²) in [6.45, 7) is 1.85. The largest absolute Gasteiger partial charge is 1.00 e. The zero-order chi connectivity index (χ0) is 18.7. The Balaban J connectivity index is 0.00000196. The predicted octanol–water partition coefficient (Wildman–Crippen LogP) is -1.08. The fourth-order valence-corrected chi connectivity index (χ4v) is 3.31. The van der Waals surface area contributed by atoms with E-state index in [0.29, 0.717) is 22.3 Å². The highest BCUT2D eigenvalue weighted by molar-refractivity contribution is 9.10. The quantitative estimate of drug-likeness (QED) is 0.479. The molecule has 0 saturated heterocycles. The molecule has 0 bridgehead atoms. The highest BCUT2D eigenvalue weighted by Gasteiger charge is 2.33. The lowest BCUT2D eigenvalue weighted by molar-refractivity contribution is -0.502. The zero-order valence-corrected chi connectivity index (χ0v) is 18.2. The third-order valence-electron chi connectivity index (χ3n) is 4.00. The first-order valence-corrected chi connectivity index (χ1v) is 9.12. The van der Waals surface area contributed by atoms with Crippen molar-refractivity contribution < 1.29 is 32.4 Å². The van der Waals surface area contributed by atoms with E-state index >= 15 is 0 Å². The van der Waals surface area contributed by atoms with Gasteiger partial charge in [-0.05, 0) is 42.8 Å². The van der Waals surface area contributed by atoms with E-state index in [0.717, 1.165) is 15.7 Å². The van der Waals surface area contributed by atoms with Crippen molar-refractivity contribution in [3.8, 4) is 0 Å². The monoisotopic (exact) mass is 487 g/mol. The minimum Gasteiger partial charge on any atom is -1.00 e. The Hall–Kier alpha value is -2.06. The number of carbonyl (C=O) groups is 1. The maximum absolute atomic E-state index is 12.3. The van der Waals surface area contributed by atoms with Gasteiger partial charge in [0, 0.05) is 9.50 Å². The molecule has 0 amide bonds. The molecular weight excluding hydrogens is 469 g/mol. The molecule has 2 aromatic carbocycles. The molecule has 3 rings (SSSR count). The van der Waals surface area contributed by atoms with Crippen LogP contribution in [0.1, 0.15) is 18.5 Å². The van der Waals surface area contributed by atoms with Crippen molar-refractivity contribution in [2.45, 2.75) is 13.0 Å². The first-order valence-electron chi connectivity index (χ1n) is 7.95. The number of halogens is 3. The molecule has 1 heterocycles. The lowest BCUT2D eigenvalue weighted by atomic mass is 9.96. The van der Waals surface area contributed by atoms with E-state index in [1.165, 1.54) is 7.11 Å². The van der Waals surface area contributed by atoms with Crippen LogP contribution in [0.3, 0.4) is 0 Å². The van der Waals surface area contributed by atoms with Gasteiger partial charge in [0.15, 0.2) is 0 Å². The average molecular weight is 489 g/mol. The Kier molecular flexibility index (Phi) is 8.97. The molecule has 150 valence electrons. The molecule has 0 fully saturated rings. The number of ether oxygens (including phenoxy) is 1. The fraction of sp³-hybridized carbons (Fsp3) is 0.158. The number of methoxy groups -OCH3 is 1. The summed E-state index contributed by atoms with van der Waals surface area (Å²) in [6.07, 6.45) is 0. The number of nitrogens with one attached hydrogen (secondary N) is 3. The van der Waals surface area contributed by atoms with E-state index < -0.39 is 0 Å². The highest BCUT2D eigenvalue weighted by atomic mass is 79.9. The van der Waals surface area contributed by atoms with Crippen molar-refractivity contribution in [3.63, 3.8) is 0 Å². The Morgan fingerprint density at radius 1 is 1.25 bits per heavy atom. The van der Waals surface area contributed by atoms with E-state index in [9.17, 15) is 4.79 Å². The molecule has 1 aliphatic heterocycles. The number of esters is 1. The number of carbonyl (C=O) groups excluding carboxylic acids is 1. The maximum Gasteiger partial charge on any atom is 0.353 e. The van der Waals surface area contributed by atoms with Gasteiger partial charge in [-0.25, -0.2) is 15.4 Å². The van der Waals surface area contributed by atoms with Gasteiger partial charge in [-0.3, -0.25) is 4.99 Å². The van der Waals surface area contributed by atoms with E-state index in [4.69, 9.17) is 16.3 Å². The average Bonchev–Trinajstić information content (AvgIpc) is 2.61. The number of anilines is 1. The number of hydrogen-bond acceptors (Lipinski definition) is 4. The first-order chi connectivity index (χ1) is 12.5. The van der Waals surface area contributed by atoms with Crippen molar-refractivity contribution >= 4 is 45.1 Å². The van der Waals surface area contributed by atoms with E-state index in [1.807, 2.05) is 43.3 Å². The number of rotatable bonds is 3. The first kappa shape index (κ1) is 24.0. The number of benzene rings is 2. The lowest BCUT2D eigenvalue weighted by Crippen LogP contribution is -3.00. The van der Waals surface area contributed by atoms with E-state index in [1.54, 1.807) is 12.1 Å². The molecule has 0 spiro atoms. The van der Waals surface area contributed by atoms with Gasteiger partial charge in [-0.15, -0.1) is 0 Å². The normalized spacial score (nSPS) is 15.4.